The highest BCUT2D eigenvalue weighted by atomic mass is 32.2. The van der Waals surface area contributed by atoms with Gasteiger partial charge in [-0.2, -0.15) is 0 Å². The Morgan fingerprint density at radius 3 is 2.82 bits per heavy atom. The maximum Gasteiger partial charge on any atom is 0.185 e. The normalized spacial score (nSPS) is 14.4. The summed E-state index contributed by atoms with van der Waals surface area (Å²) in [6, 6.07) is 1.72. The van der Waals surface area contributed by atoms with Crippen LogP contribution in [0.1, 0.15) is 31.0 Å². The van der Waals surface area contributed by atoms with Crippen molar-refractivity contribution in [2.45, 2.75) is 32.5 Å². The Morgan fingerprint density at radius 2 is 2.24 bits per heavy atom. The number of aliphatic hydroxyl groups is 2. The van der Waals surface area contributed by atoms with Crippen LogP contribution < -0.4 is 0 Å². The van der Waals surface area contributed by atoms with E-state index >= 15 is 0 Å². The highest BCUT2D eigenvalue weighted by Crippen LogP contribution is 2.17. The first-order chi connectivity index (χ1) is 8.00. The molecule has 6 heteroatoms. The second-order valence-electron chi connectivity index (χ2n) is 3.70. The maximum atomic E-state index is 10.7. The van der Waals surface area contributed by atoms with Gasteiger partial charge in [0.25, 0.3) is 0 Å². The predicted molar refractivity (Wildman–Crippen MR) is 65.5 cm³/mol. The zero-order chi connectivity index (χ0) is 12.8. The third-order valence-corrected chi connectivity index (χ3v) is 3.01. The number of aliphatic hydroxyl groups excluding tert-OH is 2. The number of rotatable bonds is 5. The molecule has 0 spiro atoms. The smallest absolute Gasteiger partial charge is 0.185 e. The predicted octanol–water partition coefficient (Wildman–Crippen LogP) is 0.849. The monoisotopic (exact) mass is 256 g/mol. The van der Waals surface area contributed by atoms with Crippen LogP contribution in [0.15, 0.2) is 12.3 Å². The molecule has 0 aliphatic carbocycles. The molecule has 0 aromatic carbocycles. The molecule has 1 rings (SSSR count). The van der Waals surface area contributed by atoms with Crippen LogP contribution in [0.25, 0.3) is 0 Å². The minimum Gasteiger partial charge on any atom is -0.390 e. The van der Waals surface area contributed by atoms with Gasteiger partial charge in [0, 0.05) is 24.6 Å². The molecule has 2 atom stereocenters. The summed E-state index contributed by atoms with van der Waals surface area (Å²) in [6.45, 7) is 3.26. The van der Waals surface area contributed by atoms with Gasteiger partial charge in [-0.15, -0.1) is 0 Å². The molecule has 0 amide bonds. The van der Waals surface area contributed by atoms with Gasteiger partial charge in [0.05, 0.1) is 6.10 Å². The van der Waals surface area contributed by atoms with Crippen LogP contribution in [-0.2, 0) is 4.79 Å². The molecule has 94 valence electrons. The quantitative estimate of drug-likeness (QED) is 0.812. The fraction of sp³-hybridized carbons (Fsp3) is 0.545. The molecule has 0 radical (unpaired) electrons. The lowest BCUT2D eigenvalue weighted by Gasteiger charge is -2.16. The van der Waals surface area contributed by atoms with Gasteiger partial charge in [0.2, 0.25) is 0 Å². The SMILES string of the molecule is CC(=O)SCCC(O)C(O)c1nccc(C)n1. The molecular formula is C11H16N2O3S. The number of carbonyl (C=O) groups excluding carboxylic acids is 1. The van der Waals surface area contributed by atoms with Crippen molar-refractivity contribution in [3.05, 3.63) is 23.8 Å². The summed E-state index contributed by atoms with van der Waals surface area (Å²) in [5.74, 6) is 0.685. The van der Waals surface area contributed by atoms with Crippen molar-refractivity contribution in [1.29, 1.82) is 0 Å². The summed E-state index contributed by atoms with van der Waals surface area (Å²) in [5.41, 5.74) is 0.736. The third-order valence-electron chi connectivity index (χ3n) is 2.16. The highest BCUT2D eigenvalue weighted by Gasteiger charge is 2.20. The van der Waals surface area contributed by atoms with Gasteiger partial charge in [-0.05, 0) is 19.4 Å². The standard InChI is InChI=1S/C11H16N2O3S/c1-7-3-5-12-11(13-7)10(16)9(15)4-6-17-8(2)14/h3,5,9-10,15-16H,4,6H2,1-2H3. The molecule has 1 aromatic heterocycles. The van der Waals surface area contributed by atoms with E-state index in [0.717, 1.165) is 17.5 Å². The lowest BCUT2D eigenvalue weighted by Crippen LogP contribution is -2.21. The Morgan fingerprint density at radius 1 is 1.53 bits per heavy atom. The van der Waals surface area contributed by atoms with Crippen LogP contribution in [0.3, 0.4) is 0 Å². The van der Waals surface area contributed by atoms with Crippen LogP contribution in [0.5, 0.6) is 0 Å². The molecule has 1 heterocycles. The molecule has 2 unspecified atom stereocenters. The van der Waals surface area contributed by atoms with Gasteiger partial charge in [0.15, 0.2) is 10.9 Å². The van der Waals surface area contributed by atoms with E-state index in [1.165, 1.54) is 13.1 Å². The van der Waals surface area contributed by atoms with Crippen LogP contribution in [0, 0.1) is 6.92 Å². The van der Waals surface area contributed by atoms with Crippen molar-refractivity contribution >= 4 is 16.9 Å². The van der Waals surface area contributed by atoms with E-state index in [9.17, 15) is 15.0 Å². The summed E-state index contributed by atoms with van der Waals surface area (Å²) in [5, 5.41) is 19.5. The van der Waals surface area contributed by atoms with E-state index in [1.54, 1.807) is 13.0 Å². The summed E-state index contributed by atoms with van der Waals surface area (Å²) in [6.07, 6.45) is -0.202. The van der Waals surface area contributed by atoms with Crippen LogP contribution in [-0.4, -0.2) is 37.2 Å². The van der Waals surface area contributed by atoms with Crippen molar-refractivity contribution in [3.8, 4) is 0 Å². The van der Waals surface area contributed by atoms with E-state index in [2.05, 4.69) is 9.97 Å². The average Bonchev–Trinajstić information content (AvgIpc) is 2.27. The summed E-state index contributed by atoms with van der Waals surface area (Å²) in [7, 11) is 0. The lowest BCUT2D eigenvalue weighted by molar-refractivity contribution is -0.109. The zero-order valence-corrected chi connectivity index (χ0v) is 10.6. The second-order valence-corrected chi connectivity index (χ2v) is 4.97. The van der Waals surface area contributed by atoms with Crippen LogP contribution >= 0.6 is 11.8 Å². The Hall–Kier alpha value is -0.980. The Labute approximate surface area is 104 Å². The first kappa shape index (κ1) is 14.1. The number of hydrogen-bond donors (Lipinski definition) is 2. The van der Waals surface area contributed by atoms with Gasteiger partial charge in [0.1, 0.15) is 6.10 Å². The molecule has 0 bridgehead atoms. The van der Waals surface area contributed by atoms with E-state index < -0.39 is 12.2 Å². The Bertz CT molecular complexity index is 387. The highest BCUT2D eigenvalue weighted by molar-refractivity contribution is 8.13. The van der Waals surface area contributed by atoms with Gasteiger partial charge in [-0.25, -0.2) is 9.97 Å². The summed E-state index contributed by atoms with van der Waals surface area (Å²) in [4.78, 5) is 18.7. The van der Waals surface area contributed by atoms with Gasteiger partial charge in [-0.1, -0.05) is 11.8 Å². The van der Waals surface area contributed by atoms with Crippen molar-refractivity contribution < 1.29 is 15.0 Å². The van der Waals surface area contributed by atoms with E-state index in [0.29, 0.717) is 12.2 Å². The van der Waals surface area contributed by atoms with E-state index in [1.807, 2.05) is 0 Å². The first-order valence-corrected chi connectivity index (χ1v) is 6.28. The second kappa shape index (κ2) is 6.68. The largest absolute Gasteiger partial charge is 0.390 e. The number of nitrogens with zero attached hydrogens (tertiary/aromatic N) is 2. The fourth-order valence-electron chi connectivity index (χ4n) is 1.26. The molecular weight excluding hydrogens is 240 g/mol. The van der Waals surface area contributed by atoms with Crippen molar-refractivity contribution in [1.82, 2.24) is 9.97 Å². The number of carbonyl (C=O) groups is 1. The minimum atomic E-state index is -1.11. The lowest BCUT2D eigenvalue weighted by atomic mass is 10.1. The summed E-state index contributed by atoms with van der Waals surface area (Å²) >= 11 is 1.12. The van der Waals surface area contributed by atoms with Crippen molar-refractivity contribution in [2.75, 3.05) is 5.75 Å². The number of hydrogen-bond acceptors (Lipinski definition) is 6. The number of aryl methyl sites for hydroxylation is 1. The molecule has 2 N–H and O–H groups in total. The molecule has 0 aliphatic rings. The molecule has 1 aromatic rings. The number of thioether (sulfide) groups is 1. The molecule has 17 heavy (non-hydrogen) atoms. The van der Waals surface area contributed by atoms with E-state index in [-0.39, 0.29) is 10.9 Å². The summed E-state index contributed by atoms with van der Waals surface area (Å²) < 4.78 is 0. The molecule has 0 saturated heterocycles. The third kappa shape index (κ3) is 4.80. The van der Waals surface area contributed by atoms with E-state index in [4.69, 9.17) is 0 Å². The Balaban J connectivity index is 2.51. The van der Waals surface area contributed by atoms with Crippen LogP contribution in [0.4, 0.5) is 0 Å². The average molecular weight is 256 g/mol. The molecule has 0 aliphatic heterocycles. The first-order valence-electron chi connectivity index (χ1n) is 5.29. The van der Waals surface area contributed by atoms with Crippen LogP contribution in [0.2, 0.25) is 0 Å². The molecule has 5 nitrogen and oxygen atoms in total. The molecule has 0 saturated carbocycles. The van der Waals surface area contributed by atoms with Gasteiger partial charge < -0.3 is 10.2 Å². The van der Waals surface area contributed by atoms with Gasteiger partial charge >= 0.3 is 0 Å². The van der Waals surface area contributed by atoms with Crippen molar-refractivity contribution in [3.63, 3.8) is 0 Å². The minimum absolute atomic E-state index is 0.00139. The molecule has 0 fully saturated rings. The van der Waals surface area contributed by atoms with Gasteiger partial charge in [-0.3, -0.25) is 4.79 Å². The fourth-order valence-corrected chi connectivity index (χ4v) is 1.91. The maximum absolute atomic E-state index is 10.7. The van der Waals surface area contributed by atoms with Crippen molar-refractivity contribution in [2.24, 2.45) is 0 Å². The topological polar surface area (TPSA) is 83.3 Å². The Kier molecular flexibility index (Phi) is 5.54. The number of aromatic nitrogens is 2. The zero-order valence-electron chi connectivity index (χ0n) is 9.83.